The number of carbonyl (C=O) groups is 2. The Morgan fingerprint density at radius 3 is 2.67 bits per heavy atom. The first-order chi connectivity index (χ1) is 14.3. The number of hydrogen-bond acceptors (Lipinski definition) is 5. The number of alkyl halides is 3. The third-order valence-electron chi connectivity index (χ3n) is 4.96. The van der Waals surface area contributed by atoms with Gasteiger partial charge in [0.05, 0.1) is 18.8 Å². The van der Waals surface area contributed by atoms with E-state index in [-0.39, 0.29) is 24.2 Å². The van der Waals surface area contributed by atoms with Crippen LogP contribution >= 0.6 is 11.3 Å². The second-order valence-electron chi connectivity index (χ2n) is 6.97. The number of thiazole rings is 1. The topological polar surface area (TPSA) is 66.0 Å². The number of urea groups is 1. The van der Waals surface area contributed by atoms with Crippen LogP contribution in [0.15, 0.2) is 29.6 Å². The standard InChI is InChI=1S/C19H19F3N4O3S/c20-19(21,22)14-3-1-2-13(10-14)11-25-4-5-26(18(25)28)17-23-15(12-30-17)16(27)24-6-8-29-9-7-24/h1-3,10,12H,4-9,11H2. The maximum absolute atomic E-state index is 12.9. The Morgan fingerprint density at radius 1 is 1.17 bits per heavy atom. The summed E-state index contributed by atoms with van der Waals surface area (Å²) in [6, 6.07) is 4.61. The predicted molar refractivity (Wildman–Crippen MR) is 103 cm³/mol. The van der Waals surface area contributed by atoms with Crippen molar-refractivity contribution >= 4 is 28.4 Å². The van der Waals surface area contributed by atoms with Gasteiger partial charge in [0.2, 0.25) is 0 Å². The molecule has 7 nitrogen and oxygen atoms in total. The molecule has 0 spiro atoms. The lowest BCUT2D eigenvalue weighted by Crippen LogP contribution is -2.40. The molecule has 30 heavy (non-hydrogen) atoms. The van der Waals surface area contributed by atoms with Gasteiger partial charge in [-0.15, -0.1) is 11.3 Å². The van der Waals surface area contributed by atoms with Gasteiger partial charge < -0.3 is 14.5 Å². The first kappa shape index (κ1) is 20.6. The number of carbonyl (C=O) groups excluding carboxylic acids is 2. The number of amides is 3. The highest BCUT2D eigenvalue weighted by Gasteiger charge is 2.34. The number of halogens is 3. The van der Waals surface area contributed by atoms with E-state index in [1.165, 1.54) is 27.2 Å². The van der Waals surface area contributed by atoms with Gasteiger partial charge in [-0.05, 0) is 17.7 Å². The second-order valence-corrected chi connectivity index (χ2v) is 7.81. The minimum absolute atomic E-state index is 0.0736. The van der Waals surface area contributed by atoms with Crippen molar-refractivity contribution in [2.45, 2.75) is 12.7 Å². The van der Waals surface area contributed by atoms with Crippen molar-refractivity contribution in [3.63, 3.8) is 0 Å². The third kappa shape index (κ3) is 4.26. The van der Waals surface area contributed by atoms with Crippen molar-refractivity contribution in [2.24, 2.45) is 0 Å². The molecule has 0 saturated carbocycles. The van der Waals surface area contributed by atoms with Crippen LogP contribution in [0.3, 0.4) is 0 Å². The smallest absolute Gasteiger partial charge is 0.378 e. The van der Waals surface area contributed by atoms with Gasteiger partial charge in [-0.2, -0.15) is 13.2 Å². The van der Waals surface area contributed by atoms with E-state index in [2.05, 4.69) is 4.98 Å². The summed E-state index contributed by atoms with van der Waals surface area (Å²) < 4.78 is 44.0. The Hall–Kier alpha value is -2.66. The van der Waals surface area contributed by atoms with E-state index < -0.39 is 11.7 Å². The first-order valence-corrected chi connectivity index (χ1v) is 10.3. The zero-order valence-corrected chi connectivity index (χ0v) is 16.7. The molecule has 11 heteroatoms. The maximum Gasteiger partial charge on any atom is 0.416 e. The normalized spacial score (nSPS) is 17.7. The Labute approximate surface area is 174 Å². The van der Waals surface area contributed by atoms with Crippen LogP contribution in [0.25, 0.3) is 0 Å². The maximum atomic E-state index is 12.9. The number of nitrogens with zero attached hydrogens (tertiary/aromatic N) is 4. The molecule has 0 aliphatic carbocycles. The van der Waals surface area contributed by atoms with Crippen molar-refractivity contribution in [3.05, 3.63) is 46.5 Å². The predicted octanol–water partition coefficient (Wildman–Crippen LogP) is 3.08. The van der Waals surface area contributed by atoms with Crippen LogP contribution in [0.1, 0.15) is 21.6 Å². The molecule has 3 amide bonds. The molecule has 0 unspecified atom stereocenters. The molecular formula is C19H19F3N4O3S. The van der Waals surface area contributed by atoms with E-state index in [0.717, 1.165) is 12.1 Å². The molecule has 0 bridgehead atoms. The van der Waals surface area contributed by atoms with E-state index in [0.29, 0.717) is 50.1 Å². The van der Waals surface area contributed by atoms with Gasteiger partial charge in [0.25, 0.3) is 5.91 Å². The highest BCUT2D eigenvalue weighted by molar-refractivity contribution is 7.14. The lowest BCUT2D eigenvalue weighted by molar-refractivity contribution is -0.137. The van der Waals surface area contributed by atoms with Crippen LogP contribution in [0.5, 0.6) is 0 Å². The van der Waals surface area contributed by atoms with E-state index in [9.17, 15) is 22.8 Å². The van der Waals surface area contributed by atoms with Crippen molar-refractivity contribution < 1.29 is 27.5 Å². The van der Waals surface area contributed by atoms with Gasteiger partial charge in [-0.25, -0.2) is 9.78 Å². The molecule has 2 aromatic rings. The van der Waals surface area contributed by atoms with Gasteiger partial charge in [0.15, 0.2) is 5.13 Å². The molecular weight excluding hydrogens is 421 g/mol. The summed E-state index contributed by atoms with van der Waals surface area (Å²) in [6.07, 6.45) is -4.43. The van der Waals surface area contributed by atoms with Crippen LogP contribution in [-0.2, 0) is 17.5 Å². The summed E-state index contributed by atoms with van der Waals surface area (Å²) in [5.74, 6) is -0.201. The van der Waals surface area contributed by atoms with Gasteiger partial charge in [-0.1, -0.05) is 12.1 Å². The first-order valence-electron chi connectivity index (χ1n) is 9.38. The summed E-state index contributed by atoms with van der Waals surface area (Å²) in [4.78, 5) is 34.2. The number of benzene rings is 1. The summed E-state index contributed by atoms with van der Waals surface area (Å²) in [6.45, 7) is 2.76. The summed E-state index contributed by atoms with van der Waals surface area (Å²) in [5, 5.41) is 2.03. The quantitative estimate of drug-likeness (QED) is 0.733. The lowest BCUT2D eigenvalue weighted by atomic mass is 10.1. The Balaban J connectivity index is 1.43. The Bertz CT molecular complexity index is 943. The van der Waals surface area contributed by atoms with Gasteiger partial charge in [-0.3, -0.25) is 9.69 Å². The van der Waals surface area contributed by atoms with Crippen LogP contribution in [0.4, 0.5) is 23.1 Å². The van der Waals surface area contributed by atoms with Gasteiger partial charge in [0.1, 0.15) is 5.69 Å². The Morgan fingerprint density at radius 2 is 1.93 bits per heavy atom. The van der Waals surface area contributed by atoms with Crippen molar-refractivity contribution in [1.82, 2.24) is 14.8 Å². The SMILES string of the molecule is O=C(c1csc(N2CCN(Cc3cccc(C(F)(F)F)c3)C2=O)n1)N1CCOCC1. The molecule has 2 saturated heterocycles. The lowest BCUT2D eigenvalue weighted by Gasteiger charge is -2.26. The summed E-state index contributed by atoms with van der Waals surface area (Å²) >= 11 is 1.20. The average Bonchev–Trinajstić information content (AvgIpc) is 3.35. The third-order valence-corrected chi connectivity index (χ3v) is 5.83. The zero-order valence-electron chi connectivity index (χ0n) is 15.9. The minimum atomic E-state index is -4.43. The number of anilines is 1. The van der Waals surface area contributed by atoms with Crippen molar-refractivity contribution in [1.29, 1.82) is 0 Å². The molecule has 0 N–H and O–H groups in total. The number of morpholine rings is 1. The molecule has 2 aliphatic heterocycles. The average molecular weight is 440 g/mol. The fourth-order valence-corrected chi connectivity index (χ4v) is 4.21. The van der Waals surface area contributed by atoms with Crippen LogP contribution < -0.4 is 4.90 Å². The van der Waals surface area contributed by atoms with E-state index >= 15 is 0 Å². The molecule has 2 aliphatic rings. The second kappa shape index (κ2) is 8.23. The highest BCUT2D eigenvalue weighted by atomic mass is 32.1. The zero-order chi connectivity index (χ0) is 21.3. The molecule has 4 rings (SSSR count). The molecule has 1 aromatic carbocycles. The molecule has 1 aromatic heterocycles. The van der Waals surface area contributed by atoms with Crippen molar-refractivity contribution in [2.75, 3.05) is 44.3 Å². The van der Waals surface area contributed by atoms with Gasteiger partial charge >= 0.3 is 12.2 Å². The molecule has 0 radical (unpaired) electrons. The molecule has 3 heterocycles. The Kier molecular flexibility index (Phi) is 5.65. The van der Waals surface area contributed by atoms with E-state index in [1.807, 2.05) is 0 Å². The number of ether oxygens (including phenoxy) is 1. The van der Waals surface area contributed by atoms with Crippen molar-refractivity contribution in [3.8, 4) is 0 Å². The highest BCUT2D eigenvalue weighted by Crippen LogP contribution is 2.30. The van der Waals surface area contributed by atoms with Crippen LogP contribution in [-0.4, -0.2) is 66.1 Å². The molecule has 2 fully saturated rings. The minimum Gasteiger partial charge on any atom is -0.378 e. The van der Waals surface area contributed by atoms with Crippen LogP contribution in [0.2, 0.25) is 0 Å². The molecule has 0 atom stereocenters. The van der Waals surface area contributed by atoms with E-state index in [4.69, 9.17) is 4.74 Å². The fourth-order valence-electron chi connectivity index (χ4n) is 3.39. The number of aromatic nitrogens is 1. The number of hydrogen-bond donors (Lipinski definition) is 0. The van der Waals surface area contributed by atoms with E-state index in [1.54, 1.807) is 16.3 Å². The van der Waals surface area contributed by atoms with Crippen LogP contribution in [0, 0.1) is 0 Å². The fraction of sp³-hybridized carbons (Fsp3) is 0.421. The monoisotopic (exact) mass is 440 g/mol. The van der Waals surface area contributed by atoms with Gasteiger partial charge in [0, 0.05) is 38.1 Å². The summed E-state index contributed by atoms with van der Waals surface area (Å²) in [7, 11) is 0. The largest absolute Gasteiger partial charge is 0.416 e. The summed E-state index contributed by atoms with van der Waals surface area (Å²) in [5.41, 5.74) is -0.0573. The number of rotatable bonds is 4. The molecule has 160 valence electrons.